The topological polar surface area (TPSA) is 18.5 Å². The van der Waals surface area contributed by atoms with Crippen molar-refractivity contribution in [2.45, 2.75) is 6.29 Å². The number of hydrogen-bond donors (Lipinski definition) is 0. The second kappa shape index (κ2) is 6.14. The first-order valence-corrected chi connectivity index (χ1v) is 6.46. The molecule has 2 nitrogen and oxygen atoms in total. The highest BCUT2D eigenvalue weighted by Gasteiger charge is 2.15. The van der Waals surface area contributed by atoms with E-state index in [-0.39, 0.29) is 6.29 Å². The molecule has 3 heteroatoms. The highest BCUT2D eigenvalue weighted by Crippen LogP contribution is 2.34. The van der Waals surface area contributed by atoms with Crippen LogP contribution >= 0.6 is 15.9 Å². The van der Waals surface area contributed by atoms with Crippen LogP contribution in [0.4, 0.5) is 0 Å². The van der Waals surface area contributed by atoms with E-state index in [0.717, 1.165) is 21.2 Å². The zero-order valence-electron chi connectivity index (χ0n) is 10.4. The first-order valence-electron chi connectivity index (χ1n) is 5.67. The van der Waals surface area contributed by atoms with Gasteiger partial charge >= 0.3 is 0 Å². The second-order valence-corrected chi connectivity index (χ2v) is 4.67. The normalized spacial score (nSPS) is 10.9. The Kier molecular flexibility index (Phi) is 4.53. The van der Waals surface area contributed by atoms with Gasteiger partial charge in [-0.15, -0.1) is 0 Å². The van der Waals surface area contributed by atoms with Crippen LogP contribution in [0.2, 0.25) is 0 Å². The standard InChI is InChI=1S/C15H15BrO2/c1-17-15(18-2)13-10-6-9-12(14(13)16)11-7-4-3-5-8-11/h3-10,15H,1-2H3. The molecular formula is C15H15BrO2. The van der Waals surface area contributed by atoms with Gasteiger partial charge in [0.2, 0.25) is 0 Å². The summed E-state index contributed by atoms with van der Waals surface area (Å²) in [5.74, 6) is 0. The molecule has 0 aliphatic carbocycles. The van der Waals surface area contributed by atoms with Crippen LogP contribution < -0.4 is 0 Å². The molecule has 0 spiro atoms. The Morgan fingerprint density at radius 2 is 1.56 bits per heavy atom. The van der Waals surface area contributed by atoms with Gasteiger partial charge < -0.3 is 9.47 Å². The van der Waals surface area contributed by atoms with Crippen LogP contribution in [0, 0.1) is 0 Å². The number of ether oxygens (including phenoxy) is 2. The van der Waals surface area contributed by atoms with Crippen molar-refractivity contribution >= 4 is 15.9 Å². The van der Waals surface area contributed by atoms with Crippen molar-refractivity contribution in [3.8, 4) is 11.1 Å². The molecule has 0 fully saturated rings. The van der Waals surface area contributed by atoms with Gasteiger partial charge in [-0.3, -0.25) is 0 Å². The fraction of sp³-hybridized carbons (Fsp3) is 0.200. The van der Waals surface area contributed by atoms with Crippen molar-refractivity contribution in [1.82, 2.24) is 0 Å². The summed E-state index contributed by atoms with van der Waals surface area (Å²) in [6.07, 6.45) is -0.358. The van der Waals surface area contributed by atoms with E-state index in [9.17, 15) is 0 Å². The van der Waals surface area contributed by atoms with E-state index in [4.69, 9.17) is 9.47 Å². The molecule has 0 radical (unpaired) electrons. The summed E-state index contributed by atoms with van der Waals surface area (Å²) in [6, 6.07) is 16.3. The van der Waals surface area contributed by atoms with Gasteiger partial charge in [0.15, 0.2) is 6.29 Å². The second-order valence-electron chi connectivity index (χ2n) is 3.88. The molecule has 0 bridgehead atoms. The molecule has 0 saturated heterocycles. The molecule has 94 valence electrons. The van der Waals surface area contributed by atoms with Gasteiger partial charge in [-0.2, -0.15) is 0 Å². The highest BCUT2D eigenvalue weighted by molar-refractivity contribution is 9.10. The van der Waals surface area contributed by atoms with Crippen LogP contribution in [0.5, 0.6) is 0 Å². The lowest BCUT2D eigenvalue weighted by Gasteiger charge is -2.17. The fourth-order valence-corrected chi connectivity index (χ4v) is 2.60. The van der Waals surface area contributed by atoms with Crippen LogP contribution in [-0.4, -0.2) is 14.2 Å². The van der Waals surface area contributed by atoms with Crippen molar-refractivity contribution in [1.29, 1.82) is 0 Å². The maximum Gasteiger partial charge on any atom is 0.184 e. The lowest BCUT2D eigenvalue weighted by molar-refractivity contribution is -0.106. The zero-order valence-corrected chi connectivity index (χ0v) is 12.0. The van der Waals surface area contributed by atoms with E-state index in [0.29, 0.717) is 0 Å². The number of rotatable bonds is 4. The summed E-state index contributed by atoms with van der Waals surface area (Å²) < 4.78 is 11.6. The first-order chi connectivity index (χ1) is 8.77. The molecule has 0 unspecified atom stereocenters. The fourth-order valence-electron chi connectivity index (χ4n) is 1.92. The van der Waals surface area contributed by atoms with Gasteiger partial charge in [-0.1, -0.05) is 48.5 Å². The Morgan fingerprint density at radius 3 is 2.17 bits per heavy atom. The number of benzene rings is 2. The SMILES string of the molecule is COC(OC)c1cccc(-c2ccccc2)c1Br. The highest BCUT2D eigenvalue weighted by atomic mass is 79.9. The van der Waals surface area contributed by atoms with Crippen molar-refractivity contribution < 1.29 is 9.47 Å². The van der Waals surface area contributed by atoms with Crippen LogP contribution in [-0.2, 0) is 9.47 Å². The lowest BCUT2D eigenvalue weighted by atomic mass is 10.0. The molecule has 18 heavy (non-hydrogen) atoms. The van der Waals surface area contributed by atoms with Gasteiger partial charge in [0.25, 0.3) is 0 Å². The molecule has 2 rings (SSSR count). The third-order valence-corrected chi connectivity index (χ3v) is 3.68. The van der Waals surface area contributed by atoms with Gasteiger partial charge in [0.1, 0.15) is 0 Å². The minimum atomic E-state index is -0.358. The Bertz CT molecular complexity index is 507. The average Bonchev–Trinajstić information content (AvgIpc) is 2.43. The van der Waals surface area contributed by atoms with Crippen molar-refractivity contribution in [3.05, 3.63) is 58.6 Å². The smallest absolute Gasteiger partial charge is 0.184 e. The summed E-state index contributed by atoms with van der Waals surface area (Å²) in [7, 11) is 3.27. The Morgan fingerprint density at radius 1 is 0.889 bits per heavy atom. The maximum atomic E-state index is 5.30. The van der Waals surface area contributed by atoms with Gasteiger partial charge in [0, 0.05) is 24.3 Å². The van der Waals surface area contributed by atoms with E-state index in [2.05, 4.69) is 34.1 Å². The summed E-state index contributed by atoms with van der Waals surface area (Å²) in [6.45, 7) is 0. The third kappa shape index (κ3) is 2.64. The van der Waals surface area contributed by atoms with Crippen LogP contribution in [0.3, 0.4) is 0 Å². The van der Waals surface area contributed by atoms with Crippen LogP contribution in [0.25, 0.3) is 11.1 Å². The summed E-state index contributed by atoms with van der Waals surface area (Å²) >= 11 is 3.64. The maximum absolute atomic E-state index is 5.30. The molecule has 0 aliphatic rings. The van der Waals surface area contributed by atoms with Crippen molar-refractivity contribution in [2.75, 3.05) is 14.2 Å². The summed E-state index contributed by atoms with van der Waals surface area (Å²) in [5.41, 5.74) is 3.28. The Hall–Kier alpha value is -1.16. The quantitative estimate of drug-likeness (QED) is 0.779. The minimum absolute atomic E-state index is 0.358. The average molecular weight is 307 g/mol. The number of methoxy groups -OCH3 is 2. The van der Waals surface area contributed by atoms with E-state index < -0.39 is 0 Å². The van der Waals surface area contributed by atoms with Gasteiger partial charge in [-0.05, 0) is 27.1 Å². The van der Waals surface area contributed by atoms with Crippen molar-refractivity contribution in [2.24, 2.45) is 0 Å². The van der Waals surface area contributed by atoms with Crippen LogP contribution in [0.15, 0.2) is 53.0 Å². The van der Waals surface area contributed by atoms with E-state index in [1.54, 1.807) is 14.2 Å². The largest absolute Gasteiger partial charge is 0.352 e. The summed E-state index contributed by atoms with van der Waals surface area (Å²) in [4.78, 5) is 0. The zero-order chi connectivity index (χ0) is 13.0. The molecule has 0 saturated carbocycles. The van der Waals surface area contributed by atoms with E-state index in [1.807, 2.05) is 30.3 Å². The van der Waals surface area contributed by atoms with Crippen molar-refractivity contribution in [3.63, 3.8) is 0 Å². The predicted molar refractivity (Wildman–Crippen MR) is 76.3 cm³/mol. The number of hydrogen-bond acceptors (Lipinski definition) is 2. The molecule has 0 amide bonds. The molecular weight excluding hydrogens is 292 g/mol. The third-order valence-electron chi connectivity index (χ3n) is 2.80. The number of halogens is 1. The molecule has 0 atom stereocenters. The van der Waals surface area contributed by atoms with Crippen LogP contribution in [0.1, 0.15) is 11.9 Å². The Labute approximate surface area is 116 Å². The summed E-state index contributed by atoms with van der Waals surface area (Å²) in [5, 5.41) is 0. The van der Waals surface area contributed by atoms with Gasteiger partial charge in [-0.25, -0.2) is 0 Å². The minimum Gasteiger partial charge on any atom is -0.352 e. The molecule has 0 N–H and O–H groups in total. The monoisotopic (exact) mass is 306 g/mol. The predicted octanol–water partition coefficient (Wildman–Crippen LogP) is 4.41. The lowest BCUT2D eigenvalue weighted by Crippen LogP contribution is -2.04. The molecule has 0 heterocycles. The first kappa shape index (κ1) is 13.3. The Balaban J connectivity index is 2.48. The molecule has 2 aromatic rings. The molecule has 0 aromatic heterocycles. The molecule has 2 aromatic carbocycles. The molecule has 0 aliphatic heterocycles. The van der Waals surface area contributed by atoms with Gasteiger partial charge in [0.05, 0.1) is 0 Å². The van der Waals surface area contributed by atoms with E-state index >= 15 is 0 Å². The van der Waals surface area contributed by atoms with E-state index in [1.165, 1.54) is 0 Å².